The summed E-state index contributed by atoms with van der Waals surface area (Å²) >= 11 is 0. The highest BCUT2D eigenvalue weighted by atomic mass is 16.7. The molecule has 0 saturated carbocycles. The van der Waals surface area contributed by atoms with Gasteiger partial charge in [-0.25, -0.2) is 0 Å². The van der Waals surface area contributed by atoms with Gasteiger partial charge in [-0.2, -0.15) is 0 Å². The zero-order valence-corrected chi connectivity index (χ0v) is 48.1. The van der Waals surface area contributed by atoms with E-state index in [0.717, 1.165) is 51.4 Å². The molecule has 0 bridgehead atoms. The van der Waals surface area contributed by atoms with Crippen LogP contribution in [0.15, 0.2) is 60.8 Å². The molecule has 9 heteroatoms. The summed E-state index contributed by atoms with van der Waals surface area (Å²) in [6, 6.07) is -0.819. The van der Waals surface area contributed by atoms with Gasteiger partial charge in [0.15, 0.2) is 6.29 Å². The number of hydrogen-bond acceptors (Lipinski definition) is 8. The van der Waals surface area contributed by atoms with Crippen LogP contribution in [0.1, 0.15) is 290 Å². The lowest BCUT2D eigenvalue weighted by Crippen LogP contribution is -2.60. The van der Waals surface area contributed by atoms with E-state index < -0.39 is 49.5 Å². The lowest BCUT2D eigenvalue weighted by Gasteiger charge is -2.40. The molecule has 1 aliphatic heterocycles. The number of carbonyl (C=O) groups is 1. The zero-order chi connectivity index (χ0) is 53.6. The maximum atomic E-state index is 13.0. The Kier molecular flexibility index (Phi) is 51.3. The summed E-state index contributed by atoms with van der Waals surface area (Å²) in [6.07, 6.45) is 67.8. The Morgan fingerprint density at radius 3 is 1.24 bits per heavy atom. The standard InChI is InChI=1S/C65H119NO8/c1-3-5-7-9-11-13-15-16-17-18-19-20-21-22-23-24-25-26-27-28-29-30-31-32-33-34-35-36-37-38-39-40-41-42-43-44-45-47-49-51-53-55-61(69)66-58(57-73-65-64(72)63(71)62(70)60(56-67)74-65)59(68)54-52-50-48-46-14-12-10-8-6-4-2/h14-16,18-19,21-22,46,52,54,58-60,62-65,67-68,70-72H,3-13,17,20,23-45,47-51,53,55-57H2,1-2H3,(H,66,69)/b16-15-,19-18-,22-21-,46-14+,54-52+. The third-order valence-electron chi connectivity index (χ3n) is 14.8. The number of ether oxygens (including phenoxy) is 2. The first-order valence-electron chi connectivity index (χ1n) is 31.5. The van der Waals surface area contributed by atoms with Crippen LogP contribution >= 0.6 is 0 Å². The van der Waals surface area contributed by atoms with E-state index in [-0.39, 0.29) is 12.5 Å². The van der Waals surface area contributed by atoms with Gasteiger partial charge in [0.1, 0.15) is 24.4 Å². The van der Waals surface area contributed by atoms with Gasteiger partial charge < -0.3 is 40.3 Å². The third-order valence-corrected chi connectivity index (χ3v) is 14.8. The molecule has 0 aliphatic carbocycles. The second-order valence-corrected chi connectivity index (χ2v) is 21.8. The van der Waals surface area contributed by atoms with Crippen molar-refractivity contribution in [2.24, 2.45) is 0 Å². The number of carbonyl (C=O) groups excluding carboxylic acids is 1. The van der Waals surface area contributed by atoms with Crippen LogP contribution in [0.25, 0.3) is 0 Å². The number of unbranched alkanes of at least 4 members (excludes halogenated alkanes) is 36. The Hall–Kier alpha value is -2.11. The van der Waals surface area contributed by atoms with Crippen LogP contribution < -0.4 is 5.32 Å². The average Bonchev–Trinajstić information content (AvgIpc) is 3.40. The minimum atomic E-state index is -1.57. The number of amides is 1. The van der Waals surface area contributed by atoms with Crippen LogP contribution in [0.5, 0.6) is 0 Å². The molecule has 1 fully saturated rings. The maximum Gasteiger partial charge on any atom is 0.220 e. The molecule has 1 heterocycles. The fourth-order valence-corrected chi connectivity index (χ4v) is 9.83. The predicted octanol–water partition coefficient (Wildman–Crippen LogP) is 16.2. The molecule has 0 aromatic carbocycles. The smallest absolute Gasteiger partial charge is 0.220 e. The molecule has 1 aliphatic rings. The van der Waals surface area contributed by atoms with E-state index in [0.29, 0.717) is 6.42 Å². The molecule has 0 aromatic rings. The first kappa shape index (κ1) is 69.9. The van der Waals surface area contributed by atoms with Crippen molar-refractivity contribution >= 4 is 5.91 Å². The van der Waals surface area contributed by atoms with Gasteiger partial charge in [0, 0.05) is 6.42 Å². The maximum absolute atomic E-state index is 13.0. The first-order valence-corrected chi connectivity index (χ1v) is 31.5. The fraction of sp³-hybridized carbons (Fsp3) is 0.831. The van der Waals surface area contributed by atoms with Crippen molar-refractivity contribution in [1.82, 2.24) is 5.32 Å². The van der Waals surface area contributed by atoms with E-state index in [1.54, 1.807) is 6.08 Å². The van der Waals surface area contributed by atoms with Crippen molar-refractivity contribution in [3.8, 4) is 0 Å². The van der Waals surface area contributed by atoms with Gasteiger partial charge in [-0.3, -0.25) is 4.79 Å². The van der Waals surface area contributed by atoms with Crippen molar-refractivity contribution in [1.29, 1.82) is 0 Å². The molecule has 7 unspecified atom stereocenters. The summed E-state index contributed by atoms with van der Waals surface area (Å²) < 4.78 is 11.2. The van der Waals surface area contributed by atoms with Crippen molar-refractivity contribution in [3.63, 3.8) is 0 Å². The van der Waals surface area contributed by atoms with Crippen LogP contribution in [-0.2, 0) is 14.3 Å². The topological polar surface area (TPSA) is 149 Å². The van der Waals surface area contributed by atoms with E-state index >= 15 is 0 Å². The summed E-state index contributed by atoms with van der Waals surface area (Å²) in [5, 5.41) is 54.3. The molecule has 7 atom stereocenters. The Morgan fingerprint density at radius 1 is 0.459 bits per heavy atom. The monoisotopic (exact) mass is 1040 g/mol. The molecular weight excluding hydrogens is 923 g/mol. The third kappa shape index (κ3) is 42.9. The van der Waals surface area contributed by atoms with Crippen LogP contribution in [0, 0.1) is 0 Å². The molecule has 6 N–H and O–H groups in total. The molecule has 74 heavy (non-hydrogen) atoms. The van der Waals surface area contributed by atoms with Crippen LogP contribution in [0.4, 0.5) is 0 Å². The van der Waals surface area contributed by atoms with Crippen LogP contribution in [0.2, 0.25) is 0 Å². The predicted molar refractivity (Wildman–Crippen MR) is 313 cm³/mol. The minimum absolute atomic E-state index is 0.185. The average molecular weight is 1040 g/mol. The fourth-order valence-electron chi connectivity index (χ4n) is 9.83. The molecule has 0 spiro atoms. The highest BCUT2D eigenvalue weighted by Gasteiger charge is 2.44. The van der Waals surface area contributed by atoms with Crippen molar-refractivity contribution in [3.05, 3.63) is 60.8 Å². The van der Waals surface area contributed by atoms with E-state index in [1.807, 2.05) is 6.08 Å². The van der Waals surface area contributed by atoms with E-state index in [4.69, 9.17) is 9.47 Å². The van der Waals surface area contributed by atoms with Crippen molar-refractivity contribution in [2.75, 3.05) is 13.2 Å². The van der Waals surface area contributed by atoms with Gasteiger partial charge in [0.25, 0.3) is 0 Å². The first-order chi connectivity index (χ1) is 36.3. The van der Waals surface area contributed by atoms with Gasteiger partial charge in [-0.1, -0.05) is 274 Å². The molecule has 1 amide bonds. The van der Waals surface area contributed by atoms with Crippen LogP contribution in [-0.4, -0.2) is 87.5 Å². The number of hydrogen-bond donors (Lipinski definition) is 6. The number of rotatable bonds is 54. The molecular formula is C65H119NO8. The summed E-state index contributed by atoms with van der Waals surface area (Å²) in [7, 11) is 0. The summed E-state index contributed by atoms with van der Waals surface area (Å²) in [5.41, 5.74) is 0. The highest BCUT2D eigenvalue weighted by molar-refractivity contribution is 5.76. The van der Waals surface area contributed by atoms with E-state index in [1.165, 1.54) is 218 Å². The summed E-state index contributed by atoms with van der Waals surface area (Å²) in [5.74, 6) is -0.185. The van der Waals surface area contributed by atoms with Crippen LogP contribution in [0.3, 0.4) is 0 Å². The highest BCUT2D eigenvalue weighted by Crippen LogP contribution is 2.23. The molecule has 1 saturated heterocycles. The van der Waals surface area contributed by atoms with E-state index in [9.17, 15) is 30.3 Å². The number of aliphatic hydroxyl groups excluding tert-OH is 5. The lowest BCUT2D eigenvalue weighted by atomic mass is 9.99. The van der Waals surface area contributed by atoms with Gasteiger partial charge in [0.05, 0.1) is 25.4 Å². The summed E-state index contributed by atoms with van der Waals surface area (Å²) in [4.78, 5) is 13.0. The number of allylic oxidation sites excluding steroid dienone is 9. The molecule has 0 aromatic heterocycles. The van der Waals surface area contributed by atoms with E-state index in [2.05, 4.69) is 67.8 Å². The Bertz CT molecular complexity index is 1350. The second-order valence-electron chi connectivity index (χ2n) is 21.8. The molecule has 0 radical (unpaired) electrons. The number of aliphatic hydroxyl groups is 5. The van der Waals surface area contributed by atoms with Gasteiger partial charge in [-0.15, -0.1) is 0 Å². The summed E-state index contributed by atoms with van der Waals surface area (Å²) in [6.45, 7) is 3.72. The van der Waals surface area contributed by atoms with Gasteiger partial charge in [-0.05, 0) is 70.6 Å². The largest absolute Gasteiger partial charge is 0.394 e. The van der Waals surface area contributed by atoms with Gasteiger partial charge >= 0.3 is 0 Å². The second kappa shape index (κ2) is 54.3. The Morgan fingerprint density at radius 2 is 0.811 bits per heavy atom. The van der Waals surface area contributed by atoms with Crippen molar-refractivity contribution in [2.45, 2.75) is 333 Å². The number of nitrogens with one attached hydrogen (secondary N) is 1. The Labute approximate surface area is 456 Å². The Balaban J connectivity index is 1.99. The SMILES string of the molecule is CCCCCC/C=C/CC/C=C/C(O)C(COC1OC(CO)C(O)C(O)C1O)NC(=O)CCCCCCCCCCCCCCCCCCCCCCCCCCCC/C=C\C/C=C\C/C=C\CCCCCCC. The molecule has 432 valence electrons. The minimum Gasteiger partial charge on any atom is -0.394 e. The molecule has 9 nitrogen and oxygen atoms in total. The van der Waals surface area contributed by atoms with Crippen molar-refractivity contribution < 1.29 is 39.8 Å². The quantitative estimate of drug-likeness (QED) is 0.0261. The lowest BCUT2D eigenvalue weighted by molar-refractivity contribution is -0.302. The normalized spacial score (nSPS) is 19.4. The molecule has 1 rings (SSSR count). The van der Waals surface area contributed by atoms with Gasteiger partial charge in [0.2, 0.25) is 5.91 Å². The zero-order valence-electron chi connectivity index (χ0n) is 48.1.